The van der Waals surface area contributed by atoms with Gasteiger partial charge in [0.2, 0.25) is 5.91 Å². The van der Waals surface area contributed by atoms with Crippen molar-refractivity contribution >= 4 is 11.6 Å². The van der Waals surface area contributed by atoms with Crippen molar-refractivity contribution in [3.05, 3.63) is 66.0 Å². The molecular weight excluding hydrogens is 329 g/mol. The van der Waals surface area contributed by atoms with Gasteiger partial charge < -0.3 is 9.80 Å². The average molecular weight is 355 g/mol. The molecule has 0 spiro atoms. The molecule has 0 N–H and O–H groups in total. The number of rotatable bonds is 6. The van der Waals surface area contributed by atoms with Crippen LogP contribution in [0, 0.1) is 5.82 Å². The van der Waals surface area contributed by atoms with Crippen molar-refractivity contribution in [1.29, 1.82) is 0 Å². The fourth-order valence-corrected chi connectivity index (χ4v) is 3.31. The van der Waals surface area contributed by atoms with Crippen molar-refractivity contribution in [3.8, 4) is 0 Å². The van der Waals surface area contributed by atoms with E-state index in [0.29, 0.717) is 18.7 Å². The van der Waals surface area contributed by atoms with E-state index < -0.39 is 0 Å². The average Bonchev–Trinajstić information content (AvgIpc) is 2.68. The second-order valence-corrected chi connectivity index (χ2v) is 6.77. The molecule has 1 aliphatic rings. The highest BCUT2D eigenvalue weighted by molar-refractivity contribution is 5.76. The van der Waals surface area contributed by atoms with Crippen LogP contribution in [0.15, 0.2) is 54.6 Å². The fraction of sp³-hybridized carbons (Fsp3) is 0.381. The molecule has 1 amide bonds. The Balaban J connectivity index is 1.42. The third kappa shape index (κ3) is 4.82. The summed E-state index contributed by atoms with van der Waals surface area (Å²) in [6.07, 6.45) is 0.517. The highest BCUT2D eigenvalue weighted by atomic mass is 19.1. The summed E-state index contributed by atoms with van der Waals surface area (Å²) >= 11 is 0. The van der Waals surface area contributed by atoms with Crippen molar-refractivity contribution in [2.45, 2.75) is 13.0 Å². The van der Waals surface area contributed by atoms with Crippen LogP contribution in [-0.2, 0) is 11.3 Å². The summed E-state index contributed by atoms with van der Waals surface area (Å²) in [5.74, 6) is -0.0101. The maximum Gasteiger partial charge on any atom is 0.223 e. The van der Waals surface area contributed by atoms with Crippen LogP contribution in [0.4, 0.5) is 10.1 Å². The summed E-state index contributed by atoms with van der Waals surface area (Å²) < 4.78 is 13.9. The van der Waals surface area contributed by atoms with Crippen LogP contribution in [0.25, 0.3) is 0 Å². The number of benzene rings is 2. The Morgan fingerprint density at radius 1 is 1.00 bits per heavy atom. The summed E-state index contributed by atoms with van der Waals surface area (Å²) in [4.78, 5) is 18.5. The number of carbonyl (C=O) groups excluding carboxylic acids is 1. The predicted octanol–water partition coefficient (Wildman–Crippen LogP) is 3.00. The number of anilines is 1. The number of halogens is 1. The molecule has 0 bridgehead atoms. The Morgan fingerprint density at radius 2 is 1.65 bits per heavy atom. The molecule has 138 valence electrons. The largest absolute Gasteiger partial charge is 0.367 e. The molecule has 0 unspecified atom stereocenters. The van der Waals surface area contributed by atoms with Gasteiger partial charge in [-0.1, -0.05) is 42.5 Å². The maximum absolute atomic E-state index is 13.9. The monoisotopic (exact) mass is 355 g/mol. The van der Waals surface area contributed by atoms with E-state index >= 15 is 0 Å². The first kappa shape index (κ1) is 18.4. The first-order valence-corrected chi connectivity index (χ1v) is 9.13. The molecule has 0 aromatic heterocycles. The van der Waals surface area contributed by atoms with E-state index in [1.54, 1.807) is 11.0 Å². The molecule has 1 heterocycles. The molecule has 5 heteroatoms. The molecule has 4 nitrogen and oxygen atoms in total. The van der Waals surface area contributed by atoms with Gasteiger partial charge in [0.1, 0.15) is 5.82 Å². The Labute approximate surface area is 154 Å². The highest BCUT2D eigenvalue weighted by Gasteiger charge is 2.20. The van der Waals surface area contributed by atoms with Gasteiger partial charge in [0.15, 0.2) is 0 Å². The summed E-state index contributed by atoms with van der Waals surface area (Å²) in [7, 11) is 1.85. The molecule has 0 radical (unpaired) electrons. The van der Waals surface area contributed by atoms with Gasteiger partial charge in [-0.3, -0.25) is 9.69 Å². The fourth-order valence-electron chi connectivity index (χ4n) is 3.31. The van der Waals surface area contributed by atoms with Crippen molar-refractivity contribution in [2.24, 2.45) is 0 Å². The number of hydrogen-bond donors (Lipinski definition) is 0. The van der Waals surface area contributed by atoms with Crippen LogP contribution in [0.1, 0.15) is 12.0 Å². The number of piperazine rings is 1. The molecule has 0 atom stereocenters. The Kier molecular flexibility index (Phi) is 6.23. The van der Waals surface area contributed by atoms with E-state index in [1.165, 1.54) is 6.07 Å². The zero-order valence-electron chi connectivity index (χ0n) is 15.3. The topological polar surface area (TPSA) is 26.8 Å². The molecule has 1 aliphatic heterocycles. The van der Waals surface area contributed by atoms with E-state index in [1.807, 2.05) is 49.5 Å². The third-order valence-corrected chi connectivity index (χ3v) is 4.90. The van der Waals surface area contributed by atoms with Gasteiger partial charge in [-0.15, -0.1) is 0 Å². The normalized spacial score (nSPS) is 15.1. The summed E-state index contributed by atoms with van der Waals surface area (Å²) in [5, 5.41) is 0. The smallest absolute Gasteiger partial charge is 0.223 e. The Morgan fingerprint density at radius 3 is 2.35 bits per heavy atom. The minimum Gasteiger partial charge on any atom is -0.367 e. The summed E-state index contributed by atoms with van der Waals surface area (Å²) in [5.41, 5.74) is 1.81. The minimum absolute atomic E-state index is 0.158. The molecule has 2 aromatic carbocycles. The van der Waals surface area contributed by atoms with Crippen molar-refractivity contribution in [3.63, 3.8) is 0 Å². The predicted molar refractivity (Wildman–Crippen MR) is 103 cm³/mol. The van der Waals surface area contributed by atoms with Crippen LogP contribution in [-0.4, -0.2) is 55.5 Å². The molecule has 0 saturated carbocycles. The lowest BCUT2D eigenvalue weighted by molar-refractivity contribution is -0.130. The lowest BCUT2D eigenvalue weighted by Crippen LogP contribution is -2.47. The molecular formula is C21H26FN3O. The SMILES string of the molecule is CN(Cc1ccccc1)C(=O)CCN1CCN(c2ccccc2F)CC1. The molecule has 1 saturated heterocycles. The zero-order chi connectivity index (χ0) is 18.4. The molecule has 2 aromatic rings. The highest BCUT2D eigenvalue weighted by Crippen LogP contribution is 2.20. The molecule has 3 rings (SSSR count). The Bertz CT molecular complexity index is 714. The van der Waals surface area contributed by atoms with E-state index in [2.05, 4.69) is 9.80 Å². The van der Waals surface area contributed by atoms with Crippen molar-refractivity contribution < 1.29 is 9.18 Å². The molecule has 0 aliphatic carbocycles. The van der Waals surface area contributed by atoms with E-state index in [9.17, 15) is 9.18 Å². The minimum atomic E-state index is -0.168. The first-order chi connectivity index (χ1) is 12.6. The maximum atomic E-state index is 13.9. The zero-order valence-corrected chi connectivity index (χ0v) is 15.3. The summed E-state index contributed by atoms with van der Waals surface area (Å²) in [6.45, 7) is 4.67. The van der Waals surface area contributed by atoms with E-state index in [0.717, 1.165) is 38.3 Å². The second kappa shape index (κ2) is 8.81. The van der Waals surface area contributed by atoms with Gasteiger partial charge in [-0.25, -0.2) is 4.39 Å². The van der Waals surface area contributed by atoms with Gasteiger partial charge in [-0.2, -0.15) is 0 Å². The molecule has 1 fully saturated rings. The number of carbonyl (C=O) groups is 1. The number of amides is 1. The van der Waals surface area contributed by atoms with Crippen LogP contribution >= 0.6 is 0 Å². The molecule has 26 heavy (non-hydrogen) atoms. The lowest BCUT2D eigenvalue weighted by Gasteiger charge is -2.36. The standard InChI is InChI=1S/C21H26FN3O/c1-23(17-18-7-3-2-4-8-18)21(26)11-12-24-13-15-25(16-14-24)20-10-6-5-9-19(20)22/h2-10H,11-17H2,1H3. The van der Waals surface area contributed by atoms with Crippen molar-refractivity contribution in [2.75, 3.05) is 44.7 Å². The van der Waals surface area contributed by atoms with E-state index in [-0.39, 0.29) is 11.7 Å². The van der Waals surface area contributed by atoms with Gasteiger partial charge in [0.05, 0.1) is 5.69 Å². The quantitative estimate of drug-likeness (QED) is 0.797. The van der Waals surface area contributed by atoms with Crippen LogP contribution in [0.3, 0.4) is 0 Å². The van der Waals surface area contributed by atoms with E-state index in [4.69, 9.17) is 0 Å². The van der Waals surface area contributed by atoms with Gasteiger partial charge >= 0.3 is 0 Å². The summed E-state index contributed by atoms with van der Waals surface area (Å²) in [6, 6.07) is 16.9. The van der Waals surface area contributed by atoms with Gasteiger partial charge in [0, 0.05) is 52.7 Å². The first-order valence-electron chi connectivity index (χ1n) is 9.13. The second-order valence-electron chi connectivity index (χ2n) is 6.77. The number of hydrogen-bond acceptors (Lipinski definition) is 3. The van der Waals surface area contributed by atoms with Gasteiger partial charge in [0.25, 0.3) is 0 Å². The lowest BCUT2D eigenvalue weighted by atomic mass is 10.2. The Hall–Kier alpha value is -2.40. The van der Waals surface area contributed by atoms with Crippen LogP contribution in [0.5, 0.6) is 0 Å². The number of para-hydroxylation sites is 1. The number of nitrogens with zero attached hydrogens (tertiary/aromatic N) is 3. The van der Waals surface area contributed by atoms with Crippen LogP contribution in [0.2, 0.25) is 0 Å². The van der Waals surface area contributed by atoms with Crippen molar-refractivity contribution in [1.82, 2.24) is 9.80 Å². The van der Waals surface area contributed by atoms with Crippen LogP contribution < -0.4 is 4.90 Å². The van der Waals surface area contributed by atoms with Gasteiger partial charge in [-0.05, 0) is 17.7 Å². The third-order valence-electron chi connectivity index (χ3n) is 4.90.